The summed E-state index contributed by atoms with van der Waals surface area (Å²) in [6, 6.07) is 6.90. The van der Waals surface area contributed by atoms with Crippen LogP contribution in [-0.4, -0.2) is 27.9 Å². The van der Waals surface area contributed by atoms with Crippen LogP contribution in [0.15, 0.2) is 30.3 Å². The molecule has 1 aromatic heterocycles. The van der Waals surface area contributed by atoms with E-state index in [0.717, 1.165) is 17.4 Å². The second-order valence-corrected chi connectivity index (χ2v) is 8.61. The second kappa shape index (κ2) is 9.37. The van der Waals surface area contributed by atoms with E-state index in [9.17, 15) is 18.5 Å². The first kappa shape index (κ1) is 22.2. The third-order valence-corrected chi connectivity index (χ3v) is 5.18. The highest BCUT2D eigenvalue weighted by atomic mass is 32.1. The lowest BCUT2D eigenvalue weighted by Crippen LogP contribution is -2.24. The van der Waals surface area contributed by atoms with Gasteiger partial charge in [0, 0.05) is 11.3 Å². The number of esters is 1. The molecule has 9 nitrogen and oxygen atoms in total. The van der Waals surface area contributed by atoms with Gasteiger partial charge >= 0.3 is 13.6 Å². The standard InChI is InChI=1S/C16H19FN3O6PS/c17-11-7-9(15(18)19)1-4-12(11)26-16(22)13-5-2-10(28-13)3-6-14(21)20-8-27(23,24)25/h1-2,4-5,7,15H,3,6,8,18-19H2,(H,20,21)(H2,23,24,25). The van der Waals surface area contributed by atoms with Crippen molar-refractivity contribution in [1.29, 1.82) is 0 Å². The van der Waals surface area contributed by atoms with Crippen LogP contribution in [0.5, 0.6) is 5.75 Å². The summed E-state index contributed by atoms with van der Waals surface area (Å²) in [7, 11) is -4.31. The molecular weight excluding hydrogens is 412 g/mol. The fraction of sp³-hybridized carbons (Fsp3) is 0.250. The van der Waals surface area contributed by atoms with Crippen molar-refractivity contribution in [2.24, 2.45) is 11.5 Å². The molecule has 0 fully saturated rings. The molecule has 12 heteroatoms. The van der Waals surface area contributed by atoms with Crippen molar-refractivity contribution in [3.05, 3.63) is 51.5 Å². The lowest BCUT2D eigenvalue weighted by atomic mass is 10.2. The Morgan fingerprint density at radius 2 is 1.96 bits per heavy atom. The molecule has 1 heterocycles. The first-order valence-corrected chi connectivity index (χ1v) is 10.6. The molecule has 0 aliphatic heterocycles. The molecule has 28 heavy (non-hydrogen) atoms. The van der Waals surface area contributed by atoms with Crippen molar-refractivity contribution in [3.63, 3.8) is 0 Å². The van der Waals surface area contributed by atoms with Gasteiger partial charge in [0.1, 0.15) is 11.2 Å². The van der Waals surface area contributed by atoms with Gasteiger partial charge in [-0.15, -0.1) is 11.3 Å². The van der Waals surface area contributed by atoms with Gasteiger partial charge in [-0.25, -0.2) is 9.18 Å². The minimum Gasteiger partial charge on any atom is -0.419 e. The fourth-order valence-electron chi connectivity index (χ4n) is 2.10. The lowest BCUT2D eigenvalue weighted by molar-refractivity contribution is -0.120. The van der Waals surface area contributed by atoms with E-state index in [1.165, 1.54) is 18.2 Å². The third kappa shape index (κ3) is 6.79. The van der Waals surface area contributed by atoms with E-state index >= 15 is 0 Å². The maximum absolute atomic E-state index is 14.0. The molecule has 0 saturated heterocycles. The fourth-order valence-corrected chi connectivity index (χ4v) is 3.36. The molecule has 7 N–H and O–H groups in total. The summed E-state index contributed by atoms with van der Waals surface area (Å²) in [5.41, 5.74) is 11.3. The van der Waals surface area contributed by atoms with E-state index in [2.05, 4.69) is 5.32 Å². The number of hydrogen-bond acceptors (Lipinski definition) is 7. The van der Waals surface area contributed by atoms with Gasteiger partial charge in [0.15, 0.2) is 11.6 Å². The number of nitrogens with one attached hydrogen (secondary N) is 1. The van der Waals surface area contributed by atoms with Gasteiger partial charge in [-0.1, -0.05) is 6.07 Å². The van der Waals surface area contributed by atoms with Crippen LogP contribution in [0.1, 0.15) is 32.7 Å². The van der Waals surface area contributed by atoms with Crippen LogP contribution in [0.25, 0.3) is 0 Å². The molecule has 2 rings (SSSR count). The number of nitrogens with two attached hydrogens (primary N) is 2. The van der Waals surface area contributed by atoms with Gasteiger partial charge in [0.2, 0.25) is 5.91 Å². The number of carbonyl (C=O) groups excluding carboxylic acids is 2. The molecule has 0 spiro atoms. The molecule has 0 radical (unpaired) electrons. The Balaban J connectivity index is 1.92. The molecule has 152 valence electrons. The topological polar surface area (TPSA) is 165 Å². The summed E-state index contributed by atoms with van der Waals surface area (Å²) in [6.07, 6.45) is -1.32. The summed E-state index contributed by atoms with van der Waals surface area (Å²) < 4.78 is 29.7. The molecule has 0 saturated carbocycles. The number of ether oxygens (including phenoxy) is 1. The van der Waals surface area contributed by atoms with E-state index in [0.29, 0.717) is 10.4 Å². The number of carbonyl (C=O) groups is 2. The second-order valence-electron chi connectivity index (χ2n) is 5.79. The summed E-state index contributed by atoms with van der Waals surface area (Å²) >= 11 is 1.07. The Kier molecular flexibility index (Phi) is 7.41. The third-order valence-electron chi connectivity index (χ3n) is 3.49. The van der Waals surface area contributed by atoms with Crippen molar-refractivity contribution in [3.8, 4) is 5.75 Å². The molecule has 0 unspecified atom stereocenters. The molecular formula is C16H19FN3O6PS. The normalized spacial score (nSPS) is 11.5. The predicted molar refractivity (Wildman–Crippen MR) is 100 cm³/mol. The van der Waals surface area contributed by atoms with Crippen LogP contribution < -0.4 is 21.5 Å². The minimum absolute atomic E-state index is 0.00949. The van der Waals surface area contributed by atoms with Crippen LogP contribution in [0, 0.1) is 5.82 Å². The maximum Gasteiger partial charge on any atom is 0.353 e. The zero-order valence-corrected chi connectivity index (χ0v) is 16.2. The zero-order chi connectivity index (χ0) is 20.9. The van der Waals surface area contributed by atoms with Crippen molar-refractivity contribution in [2.75, 3.05) is 6.29 Å². The predicted octanol–water partition coefficient (Wildman–Crippen LogP) is 1.21. The number of amides is 1. The molecule has 0 aliphatic rings. The first-order chi connectivity index (χ1) is 13.0. The molecule has 0 bridgehead atoms. The van der Waals surface area contributed by atoms with Gasteiger partial charge in [-0.3, -0.25) is 9.36 Å². The number of halogens is 1. The highest BCUT2D eigenvalue weighted by Crippen LogP contribution is 2.32. The number of benzene rings is 1. The Bertz CT molecular complexity index is 914. The van der Waals surface area contributed by atoms with Crippen molar-refractivity contribution in [1.82, 2.24) is 5.32 Å². The maximum atomic E-state index is 14.0. The number of aryl methyl sites for hydroxylation is 1. The van der Waals surface area contributed by atoms with E-state index in [1.807, 2.05) is 0 Å². The number of thiophene rings is 1. The highest BCUT2D eigenvalue weighted by molar-refractivity contribution is 7.51. The van der Waals surface area contributed by atoms with E-state index < -0.39 is 37.7 Å². The zero-order valence-electron chi connectivity index (χ0n) is 14.5. The average molecular weight is 431 g/mol. The molecule has 1 amide bonds. The number of rotatable bonds is 8. The van der Waals surface area contributed by atoms with E-state index in [4.69, 9.17) is 26.0 Å². The minimum atomic E-state index is -4.31. The largest absolute Gasteiger partial charge is 0.419 e. The first-order valence-electron chi connectivity index (χ1n) is 7.98. The Hall–Kier alpha value is -2.14. The smallest absolute Gasteiger partial charge is 0.353 e. The highest BCUT2D eigenvalue weighted by Gasteiger charge is 2.17. The van der Waals surface area contributed by atoms with Crippen LogP contribution >= 0.6 is 18.9 Å². The molecule has 0 atom stereocenters. The Labute approximate surface area is 163 Å². The quantitative estimate of drug-likeness (QED) is 0.180. The van der Waals surface area contributed by atoms with Crippen LogP contribution in [-0.2, 0) is 15.8 Å². The summed E-state index contributed by atoms with van der Waals surface area (Å²) in [4.78, 5) is 42.0. The molecule has 1 aromatic carbocycles. The van der Waals surface area contributed by atoms with Gasteiger partial charge in [0.05, 0.1) is 6.17 Å². The van der Waals surface area contributed by atoms with Crippen molar-refractivity contribution >= 4 is 30.8 Å². The van der Waals surface area contributed by atoms with Gasteiger partial charge in [0.25, 0.3) is 0 Å². The van der Waals surface area contributed by atoms with Crippen LogP contribution in [0.3, 0.4) is 0 Å². The van der Waals surface area contributed by atoms with E-state index in [-0.39, 0.29) is 23.5 Å². The van der Waals surface area contributed by atoms with Gasteiger partial charge in [-0.05, 0) is 36.2 Å². The monoisotopic (exact) mass is 431 g/mol. The average Bonchev–Trinajstić information content (AvgIpc) is 3.08. The summed E-state index contributed by atoms with van der Waals surface area (Å²) in [5.74, 6) is -2.32. The van der Waals surface area contributed by atoms with Crippen molar-refractivity contribution < 1.29 is 33.1 Å². The Morgan fingerprint density at radius 1 is 1.25 bits per heavy atom. The lowest BCUT2D eigenvalue weighted by Gasteiger charge is -2.08. The van der Waals surface area contributed by atoms with Crippen molar-refractivity contribution in [2.45, 2.75) is 19.0 Å². The Morgan fingerprint density at radius 3 is 2.57 bits per heavy atom. The number of hydrogen-bond donors (Lipinski definition) is 5. The van der Waals surface area contributed by atoms with Crippen LogP contribution in [0.4, 0.5) is 4.39 Å². The SMILES string of the molecule is NC(N)c1ccc(OC(=O)c2ccc(CCC(=O)NCP(=O)(O)O)s2)c(F)c1. The summed E-state index contributed by atoms with van der Waals surface area (Å²) in [5, 5.41) is 2.13. The van der Waals surface area contributed by atoms with Crippen LogP contribution in [0.2, 0.25) is 0 Å². The molecule has 0 aliphatic carbocycles. The van der Waals surface area contributed by atoms with E-state index in [1.54, 1.807) is 6.07 Å². The molecule has 2 aromatic rings. The van der Waals surface area contributed by atoms with Gasteiger partial charge < -0.3 is 31.3 Å². The summed E-state index contributed by atoms with van der Waals surface area (Å²) in [6.45, 7) is 0. The van der Waals surface area contributed by atoms with Gasteiger partial charge in [-0.2, -0.15) is 0 Å².